The molecule has 0 aliphatic heterocycles. The van der Waals surface area contributed by atoms with Crippen LogP contribution in [0.4, 0.5) is 0 Å². The van der Waals surface area contributed by atoms with E-state index in [1.807, 2.05) is 43.3 Å². The van der Waals surface area contributed by atoms with Gasteiger partial charge >= 0.3 is 0 Å². The summed E-state index contributed by atoms with van der Waals surface area (Å²) < 4.78 is 6.33. The van der Waals surface area contributed by atoms with Crippen LogP contribution in [0, 0.1) is 0 Å². The van der Waals surface area contributed by atoms with Gasteiger partial charge in [0.2, 0.25) is 17.6 Å². The van der Waals surface area contributed by atoms with Crippen molar-refractivity contribution in [2.75, 3.05) is 0 Å². The van der Waals surface area contributed by atoms with Gasteiger partial charge in [0.1, 0.15) is 5.01 Å². The smallest absolute Gasteiger partial charge is 0.227 e. The molecule has 1 atom stereocenters. The lowest BCUT2D eigenvalue weighted by atomic mass is 10.2. The van der Waals surface area contributed by atoms with E-state index in [4.69, 9.17) is 4.52 Å². The van der Waals surface area contributed by atoms with Gasteiger partial charge in [-0.2, -0.15) is 4.98 Å². The van der Waals surface area contributed by atoms with Crippen molar-refractivity contribution in [3.63, 3.8) is 0 Å². The number of carbonyl (C=O) groups is 1. The van der Waals surface area contributed by atoms with Crippen LogP contribution >= 0.6 is 11.3 Å². The number of pyridine rings is 1. The monoisotopic (exact) mass is 379 g/mol. The molecule has 27 heavy (non-hydrogen) atoms. The number of aryl methyl sites for hydroxylation is 1. The van der Waals surface area contributed by atoms with Crippen molar-refractivity contribution in [3.05, 3.63) is 59.7 Å². The molecule has 0 aliphatic carbocycles. The zero-order valence-electron chi connectivity index (χ0n) is 14.6. The first-order valence-electron chi connectivity index (χ1n) is 8.57. The molecule has 1 N–H and O–H groups in total. The number of aromatic nitrogens is 4. The van der Waals surface area contributed by atoms with Gasteiger partial charge in [-0.1, -0.05) is 17.3 Å². The zero-order valence-corrected chi connectivity index (χ0v) is 15.4. The summed E-state index contributed by atoms with van der Waals surface area (Å²) in [5, 5.41) is 7.80. The maximum absolute atomic E-state index is 12.3. The normalized spacial score (nSPS) is 12.2. The Kier molecular flexibility index (Phi) is 4.88. The molecule has 136 valence electrons. The molecule has 1 amide bonds. The van der Waals surface area contributed by atoms with Gasteiger partial charge in [-0.3, -0.25) is 9.78 Å². The van der Waals surface area contributed by atoms with E-state index in [9.17, 15) is 4.79 Å². The summed E-state index contributed by atoms with van der Waals surface area (Å²) in [5.41, 5.74) is 1.73. The maximum atomic E-state index is 12.3. The van der Waals surface area contributed by atoms with Gasteiger partial charge in [0.25, 0.3) is 0 Å². The highest BCUT2D eigenvalue weighted by Gasteiger charge is 2.15. The summed E-state index contributed by atoms with van der Waals surface area (Å²) in [7, 11) is 0. The van der Waals surface area contributed by atoms with Crippen molar-refractivity contribution in [1.82, 2.24) is 25.4 Å². The van der Waals surface area contributed by atoms with Crippen molar-refractivity contribution in [2.45, 2.75) is 25.8 Å². The first kappa shape index (κ1) is 17.3. The molecule has 3 aromatic heterocycles. The first-order valence-corrected chi connectivity index (χ1v) is 9.38. The number of hydrogen-bond acceptors (Lipinski definition) is 7. The van der Waals surface area contributed by atoms with E-state index in [0.29, 0.717) is 18.1 Å². The summed E-state index contributed by atoms with van der Waals surface area (Å²) in [6, 6.07) is 11.5. The Bertz CT molecular complexity index is 1030. The summed E-state index contributed by atoms with van der Waals surface area (Å²) in [6.45, 7) is 1.93. The molecule has 0 bridgehead atoms. The summed E-state index contributed by atoms with van der Waals surface area (Å²) in [5.74, 6) is 0.820. The van der Waals surface area contributed by atoms with Crippen LogP contribution in [0.25, 0.3) is 21.6 Å². The van der Waals surface area contributed by atoms with Crippen LogP contribution < -0.4 is 5.32 Å². The predicted molar refractivity (Wildman–Crippen MR) is 102 cm³/mol. The van der Waals surface area contributed by atoms with E-state index in [2.05, 4.69) is 25.4 Å². The molecule has 0 spiro atoms. The molecule has 0 radical (unpaired) electrons. The number of amides is 1. The van der Waals surface area contributed by atoms with Gasteiger partial charge in [0.05, 0.1) is 16.3 Å². The number of hydrogen-bond donors (Lipinski definition) is 1. The third-order valence-electron chi connectivity index (χ3n) is 4.01. The van der Waals surface area contributed by atoms with Gasteiger partial charge in [0, 0.05) is 30.8 Å². The molecule has 8 heteroatoms. The number of rotatable bonds is 6. The van der Waals surface area contributed by atoms with E-state index < -0.39 is 0 Å². The molecule has 4 aromatic rings. The van der Waals surface area contributed by atoms with Crippen LogP contribution in [0.1, 0.15) is 30.3 Å². The molecule has 0 saturated heterocycles. The van der Waals surface area contributed by atoms with E-state index in [1.165, 1.54) is 0 Å². The minimum Gasteiger partial charge on any atom is -0.347 e. The third-order valence-corrected chi connectivity index (χ3v) is 5.23. The Morgan fingerprint density at radius 3 is 2.93 bits per heavy atom. The molecule has 0 saturated carbocycles. The number of nitrogens with zero attached hydrogens (tertiary/aromatic N) is 4. The van der Waals surface area contributed by atoms with Gasteiger partial charge in [-0.15, -0.1) is 11.3 Å². The van der Waals surface area contributed by atoms with Gasteiger partial charge in [-0.05, 0) is 31.2 Å². The van der Waals surface area contributed by atoms with E-state index >= 15 is 0 Å². The molecule has 0 aliphatic rings. The highest BCUT2D eigenvalue weighted by atomic mass is 32.1. The second-order valence-electron chi connectivity index (χ2n) is 6.06. The summed E-state index contributed by atoms with van der Waals surface area (Å²) in [4.78, 5) is 25.2. The Morgan fingerprint density at radius 1 is 1.22 bits per heavy atom. The highest BCUT2D eigenvalue weighted by molar-refractivity contribution is 7.18. The average molecular weight is 379 g/mol. The molecular formula is C19H17N5O2S. The number of benzene rings is 1. The number of para-hydroxylation sites is 1. The largest absolute Gasteiger partial charge is 0.347 e. The zero-order chi connectivity index (χ0) is 18.6. The minimum absolute atomic E-state index is 0.0807. The van der Waals surface area contributed by atoms with Crippen LogP contribution in [0.15, 0.2) is 53.3 Å². The molecule has 0 unspecified atom stereocenters. The van der Waals surface area contributed by atoms with Crippen LogP contribution in [0.5, 0.6) is 0 Å². The fourth-order valence-corrected chi connectivity index (χ4v) is 3.61. The van der Waals surface area contributed by atoms with Gasteiger partial charge < -0.3 is 9.84 Å². The van der Waals surface area contributed by atoms with E-state index in [1.54, 1.807) is 23.7 Å². The van der Waals surface area contributed by atoms with Gasteiger partial charge in [0.15, 0.2) is 0 Å². The van der Waals surface area contributed by atoms with Crippen molar-refractivity contribution >= 4 is 27.5 Å². The number of fused-ring (bicyclic) bond motifs is 1. The minimum atomic E-state index is -0.150. The number of nitrogens with one attached hydrogen (secondary N) is 1. The van der Waals surface area contributed by atoms with Gasteiger partial charge in [-0.25, -0.2) is 4.98 Å². The third kappa shape index (κ3) is 4.01. The first-order chi connectivity index (χ1) is 13.2. The quantitative estimate of drug-likeness (QED) is 0.551. The SMILES string of the molecule is C[C@@H](NC(=O)CCc1nc(-c2cccnc2)no1)c1nc2ccccc2s1. The lowest BCUT2D eigenvalue weighted by molar-refractivity contribution is -0.121. The lowest BCUT2D eigenvalue weighted by Gasteiger charge is -2.10. The van der Waals surface area contributed by atoms with Crippen LogP contribution in [0.2, 0.25) is 0 Å². The molecule has 0 fully saturated rings. The standard InChI is InChI=1S/C19H17N5O2S/c1-12(19-22-14-6-2-3-7-15(14)27-19)21-16(25)8-9-17-23-18(24-26-17)13-5-4-10-20-11-13/h2-7,10-12H,8-9H2,1H3,(H,21,25)/t12-/m1/s1. The Morgan fingerprint density at radius 2 is 2.11 bits per heavy atom. The number of thiazole rings is 1. The molecule has 1 aromatic carbocycles. The molecule has 7 nitrogen and oxygen atoms in total. The van der Waals surface area contributed by atoms with Crippen LogP contribution in [-0.4, -0.2) is 26.0 Å². The van der Waals surface area contributed by atoms with Crippen molar-refractivity contribution in [1.29, 1.82) is 0 Å². The second kappa shape index (κ2) is 7.63. The predicted octanol–water partition coefficient (Wildman–Crippen LogP) is 3.55. The summed E-state index contributed by atoms with van der Waals surface area (Å²) >= 11 is 1.59. The second-order valence-corrected chi connectivity index (χ2v) is 7.12. The molecular weight excluding hydrogens is 362 g/mol. The lowest BCUT2D eigenvalue weighted by Crippen LogP contribution is -2.26. The average Bonchev–Trinajstić information content (AvgIpc) is 3.34. The van der Waals surface area contributed by atoms with E-state index in [0.717, 1.165) is 20.8 Å². The fourth-order valence-electron chi connectivity index (χ4n) is 2.64. The molecule has 3 heterocycles. The van der Waals surface area contributed by atoms with Crippen molar-refractivity contribution in [3.8, 4) is 11.4 Å². The van der Waals surface area contributed by atoms with E-state index in [-0.39, 0.29) is 18.4 Å². The van der Waals surface area contributed by atoms with Crippen molar-refractivity contribution in [2.24, 2.45) is 0 Å². The number of carbonyl (C=O) groups excluding carboxylic acids is 1. The Balaban J connectivity index is 1.33. The van der Waals surface area contributed by atoms with Crippen LogP contribution in [0.3, 0.4) is 0 Å². The highest BCUT2D eigenvalue weighted by Crippen LogP contribution is 2.26. The van der Waals surface area contributed by atoms with Crippen LogP contribution in [-0.2, 0) is 11.2 Å². The maximum Gasteiger partial charge on any atom is 0.227 e. The Hall–Kier alpha value is -3.13. The topological polar surface area (TPSA) is 93.8 Å². The summed E-state index contributed by atoms with van der Waals surface area (Å²) in [6.07, 6.45) is 4.00. The van der Waals surface area contributed by atoms with Crippen molar-refractivity contribution < 1.29 is 9.32 Å². The fraction of sp³-hybridized carbons (Fsp3) is 0.211. The Labute approximate surface area is 159 Å². The molecule has 4 rings (SSSR count).